The van der Waals surface area contributed by atoms with Crippen molar-refractivity contribution in [3.05, 3.63) is 40.5 Å². The first-order valence-electron chi connectivity index (χ1n) is 8.76. The van der Waals surface area contributed by atoms with Crippen LogP contribution in [0, 0.1) is 0 Å². The highest BCUT2D eigenvalue weighted by Crippen LogP contribution is 2.36. The number of hydrogen-bond acceptors (Lipinski definition) is 5. The summed E-state index contributed by atoms with van der Waals surface area (Å²) in [4.78, 5) is 29.0. The summed E-state index contributed by atoms with van der Waals surface area (Å²) in [6.07, 6.45) is 0. The van der Waals surface area contributed by atoms with Crippen LogP contribution in [0.2, 0.25) is 5.02 Å². The van der Waals surface area contributed by atoms with Gasteiger partial charge in [0.1, 0.15) is 5.82 Å². The highest BCUT2D eigenvalue weighted by Gasteiger charge is 2.29. The van der Waals surface area contributed by atoms with Gasteiger partial charge in [0.15, 0.2) is 0 Å². The molecule has 0 radical (unpaired) electrons. The summed E-state index contributed by atoms with van der Waals surface area (Å²) in [5, 5.41) is 8.08. The van der Waals surface area contributed by atoms with Gasteiger partial charge in [0, 0.05) is 48.3 Å². The standard InChI is InChI=1S/C18H20ClN5O2S/c1-22-6-8-23(9-7-22)18(26)17(25)20-16-14-10-27-11-15(14)21-24(16)13-4-2-12(19)3-5-13/h2-5H,6-11H2,1H3,(H,20,25). The van der Waals surface area contributed by atoms with E-state index in [-0.39, 0.29) is 0 Å². The predicted molar refractivity (Wildman–Crippen MR) is 106 cm³/mol. The molecule has 2 aromatic rings. The monoisotopic (exact) mass is 405 g/mol. The lowest BCUT2D eigenvalue weighted by atomic mass is 10.2. The Hall–Kier alpha value is -2.03. The van der Waals surface area contributed by atoms with Gasteiger partial charge < -0.3 is 15.1 Å². The van der Waals surface area contributed by atoms with Crippen LogP contribution in [0.5, 0.6) is 0 Å². The van der Waals surface area contributed by atoms with E-state index in [1.807, 2.05) is 19.2 Å². The number of aromatic nitrogens is 2. The fourth-order valence-electron chi connectivity index (χ4n) is 3.22. The number of carbonyl (C=O) groups excluding carboxylic acids is 2. The van der Waals surface area contributed by atoms with Crippen LogP contribution in [0.3, 0.4) is 0 Å². The van der Waals surface area contributed by atoms with Gasteiger partial charge in [-0.05, 0) is 31.3 Å². The molecule has 4 rings (SSSR count). The average molecular weight is 406 g/mol. The summed E-state index contributed by atoms with van der Waals surface area (Å²) in [5.41, 5.74) is 2.72. The third-order valence-electron chi connectivity index (χ3n) is 4.84. The fraction of sp³-hybridized carbons (Fsp3) is 0.389. The van der Waals surface area contributed by atoms with Crippen LogP contribution in [0.1, 0.15) is 11.3 Å². The second-order valence-corrected chi connectivity index (χ2v) is 8.13. The molecular formula is C18H20ClN5O2S. The van der Waals surface area contributed by atoms with Crippen LogP contribution in [0.4, 0.5) is 5.82 Å². The maximum absolute atomic E-state index is 12.6. The van der Waals surface area contributed by atoms with Crippen LogP contribution in [-0.2, 0) is 21.1 Å². The maximum Gasteiger partial charge on any atom is 0.315 e. The Morgan fingerprint density at radius 1 is 1.11 bits per heavy atom. The molecule has 0 atom stereocenters. The molecule has 27 heavy (non-hydrogen) atoms. The van der Waals surface area contributed by atoms with E-state index in [2.05, 4.69) is 15.3 Å². The molecule has 0 unspecified atom stereocenters. The number of hydrogen-bond donors (Lipinski definition) is 1. The Balaban J connectivity index is 1.58. The van der Waals surface area contributed by atoms with E-state index in [1.165, 1.54) is 0 Å². The van der Waals surface area contributed by atoms with Gasteiger partial charge in [0.25, 0.3) is 0 Å². The van der Waals surface area contributed by atoms with Gasteiger partial charge in [0.2, 0.25) is 0 Å². The Kier molecular flexibility index (Phi) is 5.12. The summed E-state index contributed by atoms with van der Waals surface area (Å²) in [6.45, 7) is 2.67. The second kappa shape index (κ2) is 7.53. The molecule has 1 aromatic carbocycles. The summed E-state index contributed by atoms with van der Waals surface area (Å²) in [6, 6.07) is 7.24. The number of anilines is 1. The van der Waals surface area contributed by atoms with E-state index in [4.69, 9.17) is 11.6 Å². The van der Waals surface area contributed by atoms with Gasteiger partial charge >= 0.3 is 11.8 Å². The zero-order valence-corrected chi connectivity index (χ0v) is 16.5. The van der Waals surface area contributed by atoms with Crippen LogP contribution >= 0.6 is 23.4 Å². The topological polar surface area (TPSA) is 70.5 Å². The van der Waals surface area contributed by atoms with E-state index >= 15 is 0 Å². The summed E-state index contributed by atoms with van der Waals surface area (Å²) < 4.78 is 1.69. The molecule has 9 heteroatoms. The van der Waals surface area contributed by atoms with Crippen LogP contribution < -0.4 is 5.32 Å². The minimum atomic E-state index is -0.616. The third-order valence-corrected chi connectivity index (χ3v) is 6.06. The number of piperazine rings is 1. The lowest BCUT2D eigenvalue weighted by molar-refractivity contribution is -0.144. The molecule has 3 heterocycles. The number of nitrogens with zero attached hydrogens (tertiary/aromatic N) is 4. The minimum Gasteiger partial charge on any atom is -0.332 e. The SMILES string of the molecule is CN1CCN(C(=O)C(=O)Nc2c3c(nn2-c2ccc(Cl)cc2)CSC3)CC1. The molecule has 2 amide bonds. The average Bonchev–Trinajstić information content (AvgIpc) is 3.25. The van der Waals surface area contributed by atoms with E-state index in [9.17, 15) is 9.59 Å². The highest BCUT2D eigenvalue weighted by atomic mass is 35.5. The number of benzene rings is 1. The quantitative estimate of drug-likeness (QED) is 0.774. The normalized spacial score (nSPS) is 17.0. The van der Waals surface area contributed by atoms with Crippen LogP contribution in [0.15, 0.2) is 24.3 Å². The molecule has 0 spiro atoms. The number of thioether (sulfide) groups is 1. The number of rotatable bonds is 2. The first-order valence-corrected chi connectivity index (χ1v) is 10.3. The lowest BCUT2D eigenvalue weighted by Gasteiger charge is -2.31. The highest BCUT2D eigenvalue weighted by molar-refractivity contribution is 7.98. The minimum absolute atomic E-state index is 0.494. The molecule has 7 nitrogen and oxygen atoms in total. The zero-order chi connectivity index (χ0) is 19.0. The first-order chi connectivity index (χ1) is 13.0. The molecule has 1 aromatic heterocycles. The Morgan fingerprint density at radius 3 is 2.52 bits per heavy atom. The molecule has 0 saturated carbocycles. The van der Waals surface area contributed by atoms with Crippen molar-refractivity contribution in [2.24, 2.45) is 0 Å². The number of likely N-dealkylation sites (N-methyl/N-ethyl adjacent to an activating group) is 1. The summed E-state index contributed by atoms with van der Waals surface area (Å²) in [7, 11) is 2.01. The largest absolute Gasteiger partial charge is 0.332 e. The van der Waals surface area contributed by atoms with Gasteiger partial charge in [-0.15, -0.1) is 0 Å². The van der Waals surface area contributed by atoms with Gasteiger partial charge in [0.05, 0.1) is 11.4 Å². The number of carbonyl (C=O) groups is 2. The summed E-state index contributed by atoms with van der Waals surface area (Å²) >= 11 is 7.72. The van der Waals surface area contributed by atoms with Crippen molar-refractivity contribution < 1.29 is 9.59 Å². The molecule has 0 aliphatic carbocycles. The van der Waals surface area contributed by atoms with Crippen molar-refractivity contribution in [1.82, 2.24) is 19.6 Å². The Morgan fingerprint density at radius 2 is 1.81 bits per heavy atom. The van der Waals surface area contributed by atoms with E-state index < -0.39 is 11.8 Å². The molecule has 1 N–H and O–H groups in total. The number of fused-ring (bicyclic) bond motifs is 1. The van der Waals surface area contributed by atoms with E-state index in [1.54, 1.807) is 33.5 Å². The van der Waals surface area contributed by atoms with Crippen molar-refractivity contribution >= 4 is 41.0 Å². The Bertz CT molecular complexity index is 875. The van der Waals surface area contributed by atoms with Crippen molar-refractivity contribution in [3.63, 3.8) is 0 Å². The first kappa shape index (κ1) is 18.3. The third kappa shape index (κ3) is 3.69. The molecule has 0 bridgehead atoms. The molecule has 1 saturated heterocycles. The number of nitrogens with one attached hydrogen (secondary N) is 1. The van der Waals surface area contributed by atoms with Crippen molar-refractivity contribution in [2.75, 3.05) is 38.5 Å². The Labute approximate surface area is 166 Å². The lowest BCUT2D eigenvalue weighted by Crippen LogP contribution is -2.50. The predicted octanol–water partition coefficient (Wildman–Crippen LogP) is 1.98. The zero-order valence-electron chi connectivity index (χ0n) is 14.9. The van der Waals surface area contributed by atoms with Gasteiger partial charge in [-0.3, -0.25) is 9.59 Å². The smallest absolute Gasteiger partial charge is 0.315 e. The van der Waals surface area contributed by atoms with Gasteiger partial charge in [-0.2, -0.15) is 16.9 Å². The maximum atomic E-state index is 12.6. The fourth-order valence-corrected chi connectivity index (χ4v) is 4.39. The van der Waals surface area contributed by atoms with Crippen molar-refractivity contribution in [1.29, 1.82) is 0 Å². The number of amides is 2. The molecular weight excluding hydrogens is 386 g/mol. The van der Waals surface area contributed by atoms with E-state index in [0.29, 0.717) is 23.9 Å². The number of halogens is 1. The van der Waals surface area contributed by atoms with E-state index in [0.717, 1.165) is 41.5 Å². The summed E-state index contributed by atoms with van der Waals surface area (Å²) in [5.74, 6) is 1.03. The van der Waals surface area contributed by atoms with Crippen LogP contribution in [0.25, 0.3) is 5.69 Å². The van der Waals surface area contributed by atoms with Crippen molar-refractivity contribution in [3.8, 4) is 5.69 Å². The van der Waals surface area contributed by atoms with Crippen LogP contribution in [-0.4, -0.2) is 64.6 Å². The van der Waals surface area contributed by atoms with Gasteiger partial charge in [-0.1, -0.05) is 11.6 Å². The molecule has 1 fully saturated rings. The molecule has 2 aliphatic rings. The molecule has 142 valence electrons. The van der Waals surface area contributed by atoms with Crippen molar-refractivity contribution in [2.45, 2.75) is 11.5 Å². The van der Waals surface area contributed by atoms with Gasteiger partial charge in [-0.25, -0.2) is 4.68 Å². The molecule has 2 aliphatic heterocycles. The second-order valence-electron chi connectivity index (χ2n) is 6.70.